The number of hydrogen-bond donors (Lipinski definition) is 1. The Hall–Kier alpha value is -1.22. The maximum absolute atomic E-state index is 6.43. The lowest BCUT2D eigenvalue weighted by Gasteiger charge is -2.23. The molecule has 1 aromatic rings. The molecule has 3 nitrogen and oxygen atoms in total. The summed E-state index contributed by atoms with van der Waals surface area (Å²) in [7, 11) is 3.36. The van der Waals surface area contributed by atoms with Gasteiger partial charge in [-0.2, -0.15) is 0 Å². The molecular weight excluding hydrogens is 226 g/mol. The molecule has 0 amide bonds. The zero-order chi connectivity index (χ0) is 12.7. The Kier molecular flexibility index (Phi) is 2.94. The van der Waals surface area contributed by atoms with E-state index in [4.69, 9.17) is 15.2 Å². The van der Waals surface area contributed by atoms with Gasteiger partial charge in [-0.3, -0.25) is 0 Å². The first-order chi connectivity index (χ1) is 8.72. The summed E-state index contributed by atoms with van der Waals surface area (Å²) in [6.45, 7) is 0. The molecule has 3 rings (SSSR count). The van der Waals surface area contributed by atoms with Gasteiger partial charge in [-0.05, 0) is 43.1 Å². The van der Waals surface area contributed by atoms with Crippen LogP contribution < -0.4 is 15.2 Å². The second-order valence-electron chi connectivity index (χ2n) is 5.62. The standard InChI is InChI=1S/C15H21NO2/c1-17-12-3-4-13(14(8-12)18-2)15(16)11-6-9-5-10(9)7-11/h3-4,8-11,15H,5-7,16H2,1-2H3. The molecule has 2 saturated carbocycles. The molecular formula is C15H21NO2. The van der Waals surface area contributed by atoms with Crippen LogP contribution in [-0.4, -0.2) is 14.2 Å². The van der Waals surface area contributed by atoms with E-state index < -0.39 is 0 Å². The fourth-order valence-corrected chi connectivity index (χ4v) is 3.40. The molecule has 2 aliphatic rings. The average molecular weight is 247 g/mol. The molecule has 0 aliphatic heterocycles. The summed E-state index contributed by atoms with van der Waals surface area (Å²) >= 11 is 0. The predicted octanol–water partition coefficient (Wildman–Crippen LogP) is 2.75. The van der Waals surface area contributed by atoms with Crippen LogP contribution >= 0.6 is 0 Å². The summed E-state index contributed by atoms with van der Waals surface area (Å²) in [6.07, 6.45) is 4.02. The van der Waals surface area contributed by atoms with E-state index in [0.717, 1.165) is 28.9 Å². The largest absolute Gasteiger partial charge is 0.497 e. The first kappa shape index (κ1) is 11.8. The van der Waals surface area contributed by atoms with Crippen LogP contribution in [0.4, 0.5) is 0 Å². The Morgan fingerprint density at radius 1 is 1.11 bits per heavy atom. The third-order valence-electron chi connectivity index (χ3n) is 4.59. The predicted molar refractivity (Wildman–Crippen MR) is 70.8 cm³/mol. The van der Waals surface area contributed by atoms with Crippen LogP contribution in [0.2, 0.25) is 0 Å². The van der Waals surface area contributed by atoms with Gasteiger partial charge in [-0.25, -0.2) is 0 Å². The van der Waals surface area contributed by atoms with E-state index in [9.17, 15) is 0 Å². The molecule has 2 N–H and O–H groups in total. The van der Waals surface area contributed by atoms with Crippen LogP contribution in [0.1, 0.15) is 30.9 Å². The second-order valence-corrected chi connectivity index (χ2v) is 5.62. The van der Waals surface area contributed by atoms with Crippen molar-refractivity contribution in [3.63, 3.8) is 0 Å². The summed E-state index contributed by atoms with van der Waals surface area (Å²) < 4.78 is 10.7. The SMILES string of the molecule is COc1ccc(C(N)C2CC3CC3C2)c(OC)c1. The molecule has 0 radical (unpaired) electrons. The van der Waals surface area contributed by atoms with E-state index in [1.54, 1.807) is 14.2 Å². The highest BCUT2D eigenvalue weighted by molar-refractivity contribution is 5.42. The Morgan fingerprint density at radius 2 is 1.83 bits per heavy atom. The van der Waals surface area contributed by atoms with Crippen molar-refractivity contribution in [2.45, 2.75) is 25.3 Å². The molecule has 2 fully saturated rings. The molecule has 0 bridgehead atoms. The van der Waals surface area contributed by atoms with E-state index in [1.165, 1.54) is 19.3 Å². The number of ether oxygens (including phenoxy) is 2. The maximum atomic E-state index is 6.43. The van der Waals surface area contributed by atoms with Gasteiger partial charge in [0, 0.05) is 17.7 Å². The molecule has 18 heavy (non-hydrogen) atoms. The van der Waals surface area contributed by atoms with Crippen LogP contribution in [0.3, 0.4) is 0 Å². The summed E-state index contributed by atoms with van der Waals surface area (Å²) in [4.78, 5) is 0. The maximum Gasteiger partial charge on any atom is 0.127 e. The van der Waals surface area contributed by atoms with Crippen molar-refractivity contribution in [3.8, 4) is 11.5 Å². The highest BCUT2D eigenvalue weighted by Gasteiger charge is 2.47. The first-order valence-corrected chi connectivity index (χ1v) is 6.70. The van der Waals surface area contributed by atoms with Crippen molar-refractivity contribution in [1.82, 2.24) is 0 Å². The summed E-state index contributed by atoms with van der Waals surface area (Å²) in [5, 5.41) is 0. The van der Waals surface area contributed by atoms with E-state index in [-0.39, 0.29) is 6.04 Å². The fourth-order valence-electron chi connectivity index (χ4n) is 3.40. The van der Waals surface area contributed by atoms with Gasteiger partial charge in [0.05, 0.1) is 14.2 Å². The third kappa shape index (κ3) is 1.97. The van der Waals surface area contributed by atoms with Gasteiger partial charge in [0.25, 0.3) is 0 Å². The van der Waals surface area contributed by atoms with Gasteiger partial charge < -0.3 is 15.2 Å². The molecule has 0 saturated heterocycles. The third-order valence-corrected chi connectivity index (χ3v) is 4.59. The smallest absolute Gasteiger partial charge is 0.127 e. The Labute approximate surface area is 108 Å². The number of hydrogen-bond acceptors (Lipinski definition) is 3. The van der Waals surface area contributed by atoms with Gasteiger partial charge in [0.2, 0.25) is 0 Å². The fraction of sp³-hybridized carbons (Fsp3) is 0.600. The molecule has 0 aromatic heterocycles. The lowest BCUT2D eigenvalue weighted by atomic mass is 9.89. The molecule has 2 aliphatic carbocycles. The zero-order valence-corrected chi connectivity index (χ0v) is 11.1. The molecule has 3 unspecified atom stereocenters. The molecule has 3 atom stereocenters. The van der Waals surface area contributed by atoms with Crippen molar-refractivity contribution >= 4 is 0 Å². The van der Waals surface area contributed by atoms with Crippen LogP contribution in [0.15, 0.2) is 18.2 Å². The zero-order valence-electron chi connectivity index (χ0n) is 11.1. The van der Waals surface area contributed by atoms with Crippen molar-refractivity contribution in [2.75, 3.05) is 14.2 Å². The molecule has 0 spiro atoms. The van der Waals surface area contributed by atoms with Crippen molar-refractivity contribution < 1.29 is 9.47 Å². The minimum absolute atomic E-state index is 0.0960. The van der Waals surface area contributed by atoms with Crippen molar-refractivity contribution in [2.24, 2.45) is 23.5 Å². The molecule has 3 heteroatoms. The highest BCUT2D eigenvalue weighted by Crippen LogP contribution is 2.57. The lowest BCUT2D eigenvalue weighted by Crippen LogP contribution is -2.21. The number of rotatable bonds is 4. The Morgan fingerprint density at radius 3 is 2.44 bits per heavy atom. The summed E-state index contributed by atoms with van der Waals surface area (Å²) in [5.41, 5.74) is 7.55. The minimum Gasteiger partial charge on any atom is -0.497 e. The average Bonchev–Trinajstić information content (AvgIpc) is 3.03. The van der Waals surface area contributed by atoms with Crippen LogP contribution in [0.5, 0.6) is 11.5 Å². The summed E-state index contributed by atoms with van der Waals surface area (Å²) in [6, 6.07) is 6.03. The van der Waals surface area contributed by atoms with Crippen LogP contribution in [0, 0.1) is 17.8 Å². The van der Waals surface area contributed by atoms with Gasteiger partial charge in [-0.1, -0.05) is 6.07 Å². The van der Waals surface area contributed by atoms with E-state index in [1.807, 2.05) is 18.2 Å². The highest BCUT2D eigenvalue weighted by atomic mass is 16.5. The van der Waals surface area contributed by atoms with E-state index in [0.29, 0.717) is 5.92 Å². The van der Waals surface area contributed by atoms with Crippen LogP contribution in [-0.2, 0) is 0 Å². The topological polar surface area (TPSA) is 44.5 Å². The molecule has 0 heterocycles. The number of fused-ring (bicyclic) bond motifs is 1. The Bertz CT molecular complexity index is 436. The number of benzene rings is 1. The normalized spacial score (nSPS) is 30.7. The van der Waals surface area contributed by atoms with Gasteiger partial charge >= 0.3 is 0 Å². The first-order valence-electron chi connectivity index (χ1n) is 6.70. The number of nitrogens with two attached hydrogens (primary N) is 1. The van der Waals surface area contributed by atoms with Gasteiger partial charge in [0.1, 0.15) is 11.5 Å². The van der Waals surface area contributed by atoms with Crippen molar-refractivity contribution in [1.29, 1.82) is 0 Å². The molecule has 1 aromatic carbocycles. The van der Waals surface area contributed by atoms with E-state index >= 15 is 0 Å². The Balaban J connectivity index is 1.81. The monoisotopic (exact) mass is 247 g/mol. The number of methoxy groups -OCH3 is 2. The van der Waals surface area contributed by atoms with Gasteiger partial charge in [0.15, 0.2) is 0 Å². The van der Waals surface area contributed by atoms with Crippen molar-refractivity contribution in [3.05, 3.63) is 23.8 Å². The molecule has 98 valence electrons. The minimum atomic E-state index is 0.0960. The van der Waals surface area contributed by atoms with Crippen LogP contribution in [0.25, 0.3) is 0 Å². The lowest BCUT2D eigenvalue weighted by molar-refractivity contribution is 0.364. The second kappa shape index (κ2) is 4.47. The van der Waals surface area contributed by atoms with Gasteiger partial charge in [-0.15, -0.1) is 0 Å². The van der Waals surface area contributed by atoms with E-state index in [2.05, 4.69) is 0 Å². The quantitative estimate of drug-likeness (QED) is 0.889. The summed E-state index contributed by atoms with van der Waals surface area (Å²) in [5.74, 6) is 4.21.